The monoisotopic (exact) mass is 344 g/mol. The Bertz CT molecular complexity index is 270. The van der Waals surface area contributed by atoms with Gasteiger partial charge in [-0.05, 0) is 44.3 Å². The van der Waals surface area contributed by atoms with E-state index in [0.29, 0.717) is 5.41 Å². The summed E-state index contributed by atoms with van der Waals surface area (Å²) in [5, 5.41) is 1.20. The van der Waals surface area contributed by atoms with E-state index >= 15 is 0 Å². The highest BCUT2D eigenvalue weighted by Crippen LogP contribution is 2.38. The van der Waals surface area contributed by atoms with E-state index in [1.807, 2.05) is 0 Å². The minimum atomic E-state index is 0.564. The first kappa shape index (κ1) is 16.8. The van der Waals surface area contributed by atoms with E-state index in [1.165, 1.54) is 83.0 Å². The summed E-state index contributed by atoms with van der Waals surface area (Å²) >= 11 is 3.84. The Balaban J connectivity index is 1.89. The first-order valence-electron chi connectivity index (χ1n) is 8.75. The first-order chi connectivity index (χ1) is 9.73. The van der Waals surface area contributed by atoms with Crippen LogP contribution in [0.15, 0.2) is 0 Å². The number of hydrogen-bond acceptors (Lipinski definition) is 2. The zero-order valence-corrected chi connectivity index (χ0v) is 15.1. The Labute approximate surface area is 134 Å². The second-order valence-corrected chi connectivity index (χ2v) is 7.51. The second-order valence-electron chi connectivity index (χ2n) is 6.95. The van der Waals surface area contributed by atoms with Crippen molar-refractivity contribution in [1.29, 1.82) is 0 Å². The zero-order valence-electron chi connectivity index (χ0n) is 13.5. The van der Waals surface area contributed by atoms with Gasteiger partial charge < -0.3 is 4.90 Å². The standard InChI is InChI=1S/C17H33BrN2/c1-3-20(4-2)16-9-12-19(13-16)15-17(14-18)10-7-5-6-8-11-17/h16H,3-15H2,1-2H3. The third-order valence-corrected chi connectivity index (χ3v) is 6.77. The van der Waals surface area contributed by atoms with E-state index in [4.69, 9.17) is 0 Å². The number of hydrogen-bond donors (Lipinski definition) is 0. The third-order valence-electron chi connectivity index (χ3n) is 5.58. The number of halogens is 1. The lowest BCUT2D eigenvalue weighted by Crippen LogP contribution is -2.41. The molecular weight excluding hydrogens is 312 g/mol. The summed E-state index contributed by atoms with van der Waals surface area (Å²) in [6, 6.07) is 0.808. The molecule has 2 nitrogen and oxygen atoms in total. The van der Waals surface area contributed by atoms with Crippen LogP contribution >= 0.6 is 15.9 Å². The van der Waals surface area contributed by atoms with E-state index in [1.54, 1.807) is 0 Å². The van der Waals surface area contributed by atoms with Crippen molar-refractivity contribution < 1.29 is 0 Å². The Morgan fingerprint density at radius 2 is 1.75 bits per heavy atom. The molecular formula is C17H33BrN2. The van der Waals surface area contributed by atoms with Crippen LogP contribution in [0.1, 0.15) is 58.8 Å². The summed E-state index contributed by atoms with van der Waals surface area (Å²) < 4.78 is 0. The van der Waals surface area contributed by atoms with Crippen molar-refractivity contribution in [3.63, 3.8) is 0 Å². The van der Waals surface area contributed by atoms with Crippen LogP contribution in [0.2, 0.25) is 0 Å². The number of alkyl halides is 1. The van der Waals surface area contributed by atoms with Crippen LogP contribution in [-0.2, 0) is 0 Å². The number of rotatable bonds is 6. The summed E-state index contributed by atoms with van der Waals surface area (Å²) in [5.41, 5.74) is 0.564. The minimum absolute atomic E-state index is 0.564. The molecule has 1 aliphatic carbocycles. The molecule has 0 aromatic rings. The highest BCUT2D eigenvalue weighted by Gasteiger charge is 2.35. The van der Waals surface area contributed by atoms with Crippen molar-refractivity contribution in [2.75, 3.05) is 38.1 Å². The molecule has 0 aromatic carbocycles. The van der Waals surface area contributed by atoms with Gasteiger partial charge >= 0.3 is 0 Å². The normalized spacial score (nSPS) is 27.9. The minimum Gasteiger partial charge on any atom is -0.301 e. The van der Waals surface area contributed by atoms with Gasteiger partial charge in [0.15, 0.2) is 0 Å². The molecule has 1 atom stereocenters. The van der Waals surface area contributed by atoms with Crippen LogP contribution in [0.25, 0.3) is 0 Å². The molecule has 0 bridgehead atoms. The average Bonchev–Trinajstić information content (AvgIpc) is 2.78. The number of likely N-dealkylation sites (N-methyl/N-ethyl adjacent to an activating group) is 1. The number of nitrogens with zero attached hydrogens (tertiary/aromatic N) is 2. The van der Waals surface area contributed by atoms with Crippen molar-refractivity contribution in [3.05, 3.63) is 0 Å². The Hall–Kier alpha value is 0.400. The molecule has 0 radical (unpaired) electrons. The van der Waals surface area contributed by atoms with E-state index < -0.39 is 0 Å². The van der Waals surface area contributed by atoms with Gasteiger partial charge in [0.2, 0.25) is 0 Å². The van der Waals surface area contributed by atoms with Crippen molar-refractivity contribution in [3.8, 4) is 0 Å². The molecule has 0 amide bonds. The van der Waals surface area contributed by atoms with E-state index in [9.17, 15) is 0 Å². The van der Waals surface area contributed by atoms with Crippen LogP contribution in [0.4, 0.5) is 0 Å². The maximum absolute atomic E-state index is 3.84. The molecule has 118 valence electrons. The molecule has 2 aliphatic rings. The average molecular weight is 345 g/mol. The fourth-order valence-corrected chi connectivity index (χ4v) is 5.02. The van der Waals surface area contributed by atoms with E-state index in [0.717, 1.165) is 6.04 Å². The maximum atomic E-state index is 3.84. The van der Waals surface area contributed by atoms with Crippen molar-refractivity contribution in [2.24, 2.45) is 5.41 Å². The van der Waals surface area contributed by atoms with Crippen LogP contribution in [0.5, 0.6) is 0 Å². The topological polar surface area (TPSA) is 6.48 Å². The first-order valence-corrected chi connectivity index (χ1v) is 9.87. The highest BCUT2D eigenvalue weighted by atomic mass is 79.9. The molecule has 1 unspecified atom stereocenters. The van der Waals surface area contributed by atoms with Gasteiger partial charge in [0, 0.05) is 24.5 Å². The summed E-state index contributed by atoms with van der Waals surface area (Å²) in [6.07, 6.45) is 10.0. The highest BCUT2D eigenvalue weighted by molar-refractivity contribution is 9.09. The molecule has 1 aliphatic heterocycles. The van der Waals surface area contributed by atoms with E-state index in [2.05, 4.69) is 39.6 Å². The lowest BCUT2D eigenvalue weighted by molar-refractivity contribution is 0.157. The van der Waals surface area contributed by atoms with Crippen LogP contribution < -0.4 is 0 Å². The molecule has 3 heteroatoms. The molecule has 2 fully saturated rings. The Kier molecular flexibility index (Phi) is 6.83. The molecule has 0 aromatic heterocycles. The fraction of sp³-hybridized carbons (Fsp3) is 1.00. The third kappa shape index (κ3) is 4.20. The predicted molar refractivity (Wildman–Crippen MR) is 91.7 cm³/mol. The van der Waals surface area contributed by atoms with Gasteiger partial charge in [-0.25, -0.2) is 0 Å². The lowest BCUT2D eigenvalue weighted by atomic mass is 9.82. The van der Waals surface area contributed by atoms with E-state index in [-0.39, 0.29) is 0 Å². The smallest absolute Gasteiger partial charge is 0.0235 e. The largest absolute Gasteiger partial charge is 0.301 e. The van der Waals surface area contributed by atoms with Gasteiger partial charge in [0.1, 0.15) is 0 Å². The molecule has 0 N–H and O–H groups in total. The predicted octanol–water partition coefficient (Wildman–Crippen LogP) is 4.14. The van der Waals surface area contributed by atoms with Crippen molar-refractivity contribution in [1.82, 2.24) is 9.80 Å². The number of likely N-dealkylation sites (tertiary alicyclic amines) is 1. The Morgan fingerprint density at radius 3 is 2.30 bits per heavy atom. The lowest BCUT2D eigenvalue weighted by Gasteiger charge is -2.35. The SMILES string of the molecule is CCN(CC)C1CCN(CC2(CBr)CCCCCC2)C1. The maximum Gasteiger partial charge on any atom is 0.0235 e. The fourth-order valence-electron chi connectivity index (χ4n) is 4.28. The van der Waals surface area contributed by atoms with Gasteiger partial charge in [-0.1, -0.05) is 55.5 Å². The molecule has 1 saturated carbocycles. The summed E-state index contributed by atoms with van der Waals surface area (Å²) in [4.78, 5) is 5.41. The molecule has 1 heterocycles. The summed E-state index contributed by atoms with van der Waals surface area (Å²) in [7, 11) is 0. The van der Waals surface area contributed by atoms with Gasteiger partial charge in [0.05, 0.1) is 0 Å². The van der Waals surface area contributed by atoms with Crippen molar-refractivity contribution >= 4 is 15.9 Å². The molecule has 1 saturated heterocycles. The zero-order chi connectivity index (χ0) is 14.4. The van der Waals surface area contributed by atoms with Gasteiger partial charge in [-0.3, -0.25) is 4.90 Å². The van der Waals surface area contributed by atoms with Crippen molar-refractivity contribution in [2.45, 2.75) is 64.8 Å². The Morgan fingerprint density at radius 1 is 1.10 bits per heavy atom. The quantitative estimate of drug-likeness (QED) is 0.527. The summed E-state index contributed by atoms with van der Waals surface area (Å²) in [5.74, 6) is 0. The van der Waals surface area contributed by atoms with Gasteiger partial charge in [-0.15, -0.1) is 0 Å². The molecule has 2 rings (SSSR count). The van der Waals surface area contributed by atoms with Crippen LogP contribution in [0.3, 0.4) is 0 Å². The molecule has 0 spiro atoms. The van der Waals surface area contributed by atoms with Crippen LogP contribution in [-0.4, -0.2) is 53.9 Å². The van der Waals surface area contributed by atoms with Gasteiger partial charge in [0.25, 0.3) is 0 Å². The van der Waals surface area contributed by atoms with Gasteiger partial charge in [-0.2, -0.15) is 0 Å². The van der Waals surface area contributed by atoms with Crippen LogP contribution in [0, 0.1) is 5.41 Å². The summed E-state index contributed by atoms with van der Waals surface area (Å²) in [6.45, 7) is 11.0. The molecule has 20 heavy (non-hydrogen) atoms. The second kappa shape index (κ2) is 8.14.